The molecule has 0 amide bonds. The highest BCUT2D eigenvalue weighted by Crippen LogP contribution is 2.31. The summed E-state index contributed by atoms with van der Waals surface area (Å²) in [6.45, 7) is 0.236. The smallest absolute Gasteiger partial charge is 0.163 e. The van der Waals surface area contributed by atoms with Crippen molar-refractivity contribution in [3.63, 3.8) is 0 Å². The van der Waals surface area contributed by atoms with E-state index in [-0.39, 0.29) is 6.54 Å². The lowest BCUT2D eigenvalue weighted by atomic mass is 10.2. The second kappa shape index (κ2) is 6.95. The van der Waals surface area contributed by atoms with Crippen LogP contribution in [0.25, 0.3) is 16.7 Å². The van der Waals surface area contributed by atoms with Crippen LogP contribution in [0.4, 0.5) is 0 Å². The molecule has 9 heteroatoms. The molecule has 1 heterocycles. The van der Waals surface area contributed by atoms with Gasteiger partial charge in [-0.2, -0.15) is 0 Å². The second-order valence-corrected chi connectivity index (χ2v) is 5.68. The van der Waals surface area contributed by atoms with Crippen molar-refractivity contribution < 1.29 is 18.2 Å². The van der Waals surface area contributed by atoms with Gasteiger partial charge in [0.1, 0.15) is 5.52 Å². The van der Waals surface area contributed by atoms with Crippen LogP contribution < -0.4 is 14.2 Å². The van der Waals surface area contributed by atoms with E-state index in [4.69, 9.17) is 9.47 Å². The van der Waals surface area contributed by atoms with Crippen LogP contribution in [-0.2, 0) is 17.8 Å². The number of methoxy groups -OCH3 is 2. The zero-order valence-corrected chi connectivity index (χ0v) is 13.9. The molecule has 0 fully saturated rings. The summed E-state index contributed by atoms with van der Waals surface area (Å²) >= 11 is -2.28. The van der Waals surface area contributed by atoms with Crippen molar-refractivity contribution in [2.45, 2.75) is 6.54 Å². The van der Waals surface area contributed by atoms with E-state index in [1.807, 2.05) is 30.3 Å². The van der Waals surface area contributed by atoms with E-state index >= 15 is 0 Å². The maximum absolute atomic E-state index is 10.5. The van der Waals surface area contributed by atoms with Gasteiger partial charge in [0.15, 0.2) is 11.5 Å². The van der Waals surface area contributed by atoms with Crippen molar-refractivity contribution >= 4 is 22.3 Å². The highest BCUT2D eigenvalue weighted by molar-refractivity contribution is 7.77. The summed E-state index contributed by atoms with van der Waals surface area (Å²) in [5, 5.41) is 8.31. The van der Waals surface area contributed by atoms with Crippen LogP contribution in [0.3, 0.4) is 0 Å². The average Bonchev–Trinajstić information content (AvgIpc) is 3.01. The minimum atomic E-state index is -2.28. The summed E-state index contributed by atoms with van der Waals surface area (Å²) in [6.07, 6.45) is 0. The Morgan fingerprint density at radius 2 is 1.83 bits per heavy atom. The van der Waals surface area contributed by atoms with Gasteiger partial charge in [-0.25, -0.2) is 9.40 Å². The van der Waals surface area contributed by atoms with Crippen molar-refractivity contribution in [1.82, 2.24) is 19.7 Å². The molecule has 1 unspecified atom stereocenters. The first-order valence-electron chi connectivity index (χ1n) is 7.02. The normalized spacial score (nSPS) is 12.3. The highest BCUT2D eigenvalue weighted by atomic mass is 32.2. The Labute approximate surface area is 140 Å². The van der Waals surface area contributed by atoms with Gasteiger partial charge in [-0.1, -0.05) is 17.3 Å². The van der Waals surface area contributed by atoms with Crippen molar-refractivity contribution in [3.8, 4) is 17.2 Å². The van der Waals surface area contributed by atoms with Gasteiger partial charge in [0, 0.05) is 29.9 Å². The average molecular weight is 347 g/mol. The van der Waals surface area contributed by atoms with Crippen molar-refractivity contribution in [3.05, 3.63) is 42.0 Å². The van der Waals surface area contributed by atoms with Crippen molar-refractivity contribution in [2.24, 2.45) is 0 Å². The van der Waals surface area contributed by atoms with E-state index in [2.05, 4.69) is 15.0 Å². The third kappa shape index (κ3) is 3.23. The summed E-state index contributed by atoms with van der Waals surface area (Å²) in [4.78, 5) is 0. The van der Waals surface area contributed by atoms with E-state index < -0.39 is 11.3 Å². The third-order valence-electron chi connectivity index (χ3n) is 3.53. The molecule has 1 aromatic heterocycles. The van der Waals surface area contributed by atoms with Crippen LogP contribution in [0, 0.1) is 0 Å². The molecule has 1 atom stereocenters. The van der Waals surface area contributed by atoms with E-state index in [9.17, 15) is 8.76 Å². The number of hydrogen-bond acceptors (Lipinski definition) is 6. The van der Waals surface area contributed by atoms with E-state index in [0.717, 1.165) is 16.8 Å². The van der Waals surface area contributed by atoms with E-state index in [1.165, 1.54) is 0 Å². The van der Waals surface area contributed by atoms with Crippen LogP contribution in [0.1, 0.15) is 5.56 Å². The summed E-state index contributed by atoms with van der Waals surface area (Å²) in [5.74, 6) is 1.18. The monoisotopic (exact) mass is 347 g/mol. The SMILES string of the molecule is COc1cc2nnn(-c3ccc(CNS(=O)[O-])cc3)c2cc1OC. The van der Waals surface area contributed by atoms with Crippen LogP contribution in [-0.4, -0.2) is 38.0 Å². The molecular formula is C15H15N4O4S-. The molecule has 0 aliphatic heterocycles. The molecule has 0 aliphatic carbocycles. The van der Waals surface area contributed by atoms with Crippen LogP contribution in [0.5, 0.6) is 11.5 Å². The Morgan fingerprint density at radius 3 is 2.46 bits per heavy atom. The Balaban J connectivity index is 1.95. The van der Waals surface area contributed by atoms with Gasteiger partial charge in [0.2, 0.25) is 0 Å². The zero-order chi connectivity index (χ0) is 17.1. The Kier molecular flexibility index (Phi) is 4.74. The molecule has 24 heavy (non-hydrogen) atoms. The third-order valence-corrected chi connectivity index (χ3v) is 3.91. The number of fused-ring (bicyclic) bond motifs is 1. The second-order valence-electron chi connectivity index (χ2n) is 4.92. The number of ether oxygens (including phenoxy) is 2. The van der Waals surface area contributed by atoms with Gasteiger partial charge in [-0.3, -0.25) is 4.21 Å². The molecule has 3 rings (SSSR count). The molecule has 8 nitrogen and oxygen atoms in total. The number of rotatable bonds is 6. The molecule has 0 saturated heterocycles. The first-order valence-corrected chi connectivity index (χ1v) is 8.09. The summed E-state index contributed by atoms with van der Waals surface area (Å²) in [5.41, 5.74) is 3.10. The number of nitrogens with one attached hydrogen (secondary N) is 1. The molecule has 2 aromatic carbocycles. The summed E-state index contributed by atoms with van der Waals surface area (Å²) in [7, 11) is 3.13. The fourth-order valence-corrected chi connectivity index (χ4v) is 2.62. The topological polar surface area (TPSA) is 101 Å². The molecule has 0 bridgehead atoms. The summed E-state index contributed by atoms with van der Waals surface area (Å²) < 4.78 is 35.6. The van der Waals surface area contributed by atoms with Gasteiger partial charge in [-0.15, -0.1) is 5.10 Å². The number of aromatic nitrogens is 3. The summed E-state index contributed by atoms with van der Waals surface area (Å²) in [6, 6.07) is 10.9. The maximum atomic E-state index is 10.5. The lowest BCUT2D eigenvalue weighted by molar-refractivity contribution is 0.355. The Morgan fingerprint density at radius 1 is 1.17 bits per heavy atom. The Hall–Kier alpha value is -2.49. The van der Waals surface area contributed by atoms with E-state index in [1.54, 1.807) is 25.0 Å². The van der Waals surface area contributed by atoms with Crippen molar-refractivity contribution in [2.75, 3.05) is 14.2 Å². The number of hydrogen-bond donors (Lipinski definition) is 1. The van der Waals surface area contributed by atoms with Crippen molar-refractivity contribution in [1.29, 1.82) is 0 Å². The largest absolute Gasteiger partial charge is 0.760 e. The van der Waals surface area contributed by atoms with Gasteiger partial charge in [-0.05, 0) is 17.7 Å². The predicted molar refractivity (Wildman–Crippen MR) is 87.7 cm³/mol. The Bertz CT molecular complexity index is 879. The fraction of sp³-hybridized carbons (Fsp3) is 0.200. The van der Waals surface area contributed by atoms with Crippen LogP contribution in [0.15, 0.2) is 36.4 Å². The molecule has 0 saturated carbocycles. The van der Waals surface area contributed by atoms with E-state index in [0.29, 0.717) is 17.0 Å². The minimum absolute atomic E-state index is 0.236. The van der Waals surface area contributed by atoms with Gasteiger partial charge >= 0.3 is 0 Å². The van der Waals surface area contributed by atoms with Crippen LogP contribution >= 0.6 is 0 Å². The van der Waals surface area contributed by atoms with Gasteiger partial charge in [0.25, 0.3) is 0 Å². The molecule has 3 aromatic rings. The maximum Gasteiger partial charge on any atom is 0.163 e. The van der Waals surface area contributed by atoms with Crippen LogP contribution in [0.2, 0.25) is 0 Å². The fourth-order valence-electron chi connectivity index (χ4n) is 2.34. The first-order chi connectivity index (χ1) is 11.6. The molecule has 0 aliphatic rings. The molecule has 0 radical (unpaired) electrons. The first kappa shape index (κ1) is 16.4. The zero-order valence-electron chi connectivity index (χ0n) is 13.1. The van der Waals surface area contributed by atoms with Gasteiger partial charge in [0.05, 0.1) is 25.4 Å². The molecular weight excluding hydrogens is 332 g/mol. The standard InChI is InChI=1S/C15H16N4O4S/c1-22-14-7-12-13(8-15(14)23-2)19(18-17-12)11-5-3-10(4-6-11)9-16-24(20)21/h3-8,16H,9H2,1-2H3,(H,20,21)/p-1. The quantitative estimate of drug-likeness (QED) is 0.675. The lowest BCUT2D eigenvalue weighted by Gasteiger charge is -2.09. The minimum Gasteiger partial charge on any atom is -0.760 e. The lowest BCUT2D eigenvalue weighted by Crippen LogP contribution is -2.15. The molecule has 126 valence electrons. The molecule has 0 spiro atoms. The molecule has 1 N–H and O–H groups in total. The predicted octanol–water partition coefficient (Wildman–Crippen LogP) is 1.32. The number of benzene rings is 2. The number of nitrogens with zero attached hydrogens (tertiary/aromatic N) is 3. The van der Waals surface area contributed by atoms with Gasteiger partial charge < -0.3 is 14.0 Å². The highest BCUT2D eigenvalue weighted by Gasteiger charge is 2.12.